The third-order valence-corrected chi connectivity index (χ3v) is 5.93. The molecule has 0 bridgehead atoms. The molecule has 0 unspecified atom stereocenters. The highest BCUT2D eigenvalue weighted by Crippen LogP contribution is 2.37. The summed E-state index contributed by atoms with van der Waals surface area (Å²) in [4.78, 5) is 4.82. The molecular formula is C25H35NO. The normalized spacial score (nSPS) is 19.8. The number of pyridine rings is 1. The lowest BCUT2D eigenvalue weighted by Gasteiger charge is -2.28. The van der Waals surface area contributed by atoms with Gasteiger partial charge in [0, 0.05) is 23.4 Å². The van der Waals surface area contributed by atoms with Crippen molar-refractivity contribution in [2.45, 2.75) is 77.6 Å². The molecule has 1 aliphatic rings. The summed E-state index contributed by atoms with van der Waals surface area (Å²) in [5.74, 6) is 2.56. The summed E-state index contributed by atoms with van der Waals surface area (Å²) < 4.78 is 5.67. The van der Waals surface area contributed by atoms with Gasteiger partial charge in [-0.3, -0.25) is 4.98 Å². The predicted octanol–water partition coefficient (Wildman–Crippen LogP) is 7.39. The van der Waals surface area contributed by atoms with E-state index in [1.165, 1.54) is 68.2 Å². The molecule has 0 atom stereocenters. The summed E-state index contributed by atoms with van der Waals surface area (Å²) in [5.41, 5.74) is 3.68. The Labute approximate surface area is 165 Å². The Morgan fingerprint density at radius 1 is 0.852 bits per heavy atom. The molecule has 1 aliphatic carbocycles. The summed E-state index contributed by atoms with van der Waals surface area (Å²) >= 11 is 0. The van der Waals surface area contributed by atoms with Gasteiger partial charge in [-0.05, 0) is 61.8 Å². The molecule has 0 saturated heterocycles. The van der Waals surface area contributed by atoms with E-state index in [9.17, 15) is 0 Å². The van der Waals surface area contributed by atoms with E-state index in [4.69, 9.17) is 9.72 Å². The first-order chi connectivity index (χ1) is 13.3. The molecule has 1 aromatic carbocycles. The van der Waals surface area contributed by atoms with Crippen LogP contribution in [0.4, 0.5) is 0 Å². The van der Waals surface area contributed by atoms with Crippen LogP contribution in [0.2, 0.25) is 0 Å². The molecule has 0 aliphatic heterocycles. The zero-order chi connectivity index (χ0) is 18.9. The van der Waals surface area contributed by atoms with Crippen molar-refractivity contribution in [1.82, 2.24) is 4.98 Å². The molecule has 2 aromatic rings. The van der Waals surface area contributed by atoms with Crippen molar-refractivity contribution >= 4 is 0 Å². The monoisotopic (exact) mass is 365 g/mol. The van der Waals surface area contributed by atoms with Gasteiger partial charge < -0.3 is 4.74 Å². The van der Waals surface area contributed by atoms with Gasteiger partial charge in [0.1, 0.15) is 5.75 Å². The van der Waals surface area contributed by atoms with Gasteiger partial charge in [-0.1, -0.05) is 57.7 Å². The molecule has 2 heteroatoms. The van der Waals surface area contributed by atoms with E-state index < -0.39 is 0 Å². The van der Waals surface area contributed by atoms with Crippen LogP contribution in [-0.4, -0.2) is 11.6 Å². The average molecular weight is 366 g/mol. The van der Waals surface area contributed by atoms with Gasteiger partial charge in [-0.15, -0.1) is 0 Å². The Kier molecular flexibility index (Phi) is 7.74. The van der Waals surface area contributed by atoms with Crippen molar-refractivity contribution in [1.29, 1.82) is 0 Å². The Bertz CT molecular complexity index is 654. The van der Waals surface area contributed by atoms with Gasteiger partial charge in [0.25, 0.3) is 0 Å². The molecule has 1 heterocycles. The number of nitrogens with zero attached hydrogens (tertiary/aromatic N) is 1. The van der Waals surface area contributed by atoms with Crippen LogP contribution in [0.5, 0.6) is 5.75 Å². The van der Waals surface area contributed by atoms with E-state index in [-0.39, 0.29) is 0 Å². The van der Waals surface area contributed by atoms with Crippen LogP contribution < -0.4 is 4.74 Å². The number of unbranched alkanes of at least 4 members (excludes halogenated alkanes) is 2. The molecule has 27 heavy (non-hydrogen) atoms. The minimum absolute atomic E-state index is 0.659. The maximum absolute atomic E-state index is 5.67. The maximum Gasteiger partial charge on any atom is 0.119 e. The Balaban J connectivity index is 1.53. The number of rotatable bonds is 9. The number of ether oxygens (including phenoxy) is 1. The van der Waals surface area contributed by atoms with E-state index in [0.717, 1.165) is 24.7 Å². The van der Waals surface area contributed by atoms with Crippen molar-refractivity contribution in [3.05, 3.63) is 48.3 Å². The lowest BCUT2D eigenvalue weighted by Crippen LogP contribution is -2.14. The van der Waals surface area contributed by atoms with Gasteiger partial charge in [0.05, 0.1) is 6.61 Å². The summed E-state index contributed by atoms with van der Waals surface area (Å²) in [6.07, 6.45) is 14.1. The van der Waals surface area contributed by atoms with Crippen LogP contribution in [0.3, 0.4) is 0 Å². The SMILES string of the molecule is CCCCC[C@H]1CC[C@H](c2ccc(-c3ccc(OCCC)cc3)cn2)CC1. The maximum atomic E-state index is 5.67. The fraction of sp³-hybridized carbons (Fsp3) is 0.560. The highest BCUT2D eigenvalue weighted by atomic mass is 16.5. The van der Waals surface area contributed by atoms with Gasteiger partial charge >= 0.3 is 0 Å². The van der Waals surface area contributed by atoms with Crippen LogP contribution in [0.15, 0.2) is 42.6 Å². The van der Waals surface area contributed by atoms with Gasteiger partial charge in [-0.25, -0.2) is 0 Å². The molecule has 2 nitrogen and oxygen atoms in total. The van der Waals surface area contributed by atoms with Crippen molar-refractivity contribution in [2.24, 2.45) is 5.92 Å². The Morgan fingerprint density at radius 2 is 1.59 bits per heavy atom. The first-order valence-corrected chi connectivity index (χ1v) is 11.0. The zero-order valence-corrected chi connectivity index (χ0v) is 17.1. The van der Waals surface area contributed by atoms with Crippen molar-refractivity contribution in [3.8, 4) is 16.9 Å². The third kappa shape index (κ3) is 5.82. The average Bonchev–Trinajstić information content (AvgIpc) is 2.73. The van der Waals surface area contributed by atoms with Crippen LogP contribution in [0.25, 0.3) is 11.1 Å². The first-order valence-electron chi connectivity index (χ1n) is 11.0. The fourth-order valence-corrected chi connectivity index (χ4v) is 4.21. The van der Waals surface area contributed by atoms with Crippen LogP contribution in [0, 0.1) is 5.92 Å². The van der Waals surface area contributed by atoms with Crippen molar-refractivity contribution in [2.75, 3.05) is 6.61 Å². The minimum atomic E-state index is 0.659. The topological polar surface area (TPSA) is 22.1 Å². The predicted molar refractivity (Wildman–Crippen MR) is 114 cm³/mol. The first kappa shape index (κ1) is 19.9. The van der Waals surface area contributed by atoms with Gasteiger partial charge in [0.15, 0.2) is 0 Å². The number of benzene rings is 1. The second-order valence-electron chi connectivity index (χ2n) is 8.06. The van der Waals surface area contributed by atoms with E-state index >= 15 is 0 Å². The number of aromatic nitrogens is 1. The summed E-state index contributed by atoms with van der Waals surface area (Å²) in [5, 5.41) is 0. The fourth-order valence-electron chi connectivity index (χ4n) is 4.21. The highest BCUT2D eigenvalue weighted by Gasteiger charge is 2.22. The quantitative estimate of drug-likeness (QED) is 0.432. The number of hydrogen-bond acceptors (Lipinski definition) is 2. The largest absolute Gasteiger partial charge is 0.494 e. The van der Waals surface area contributed by atoms with Crippen LogP contribution in [0.1, 0.15) is 83.2 Å². The highest BCUT2D eigenvalue weighted by molar-refractivity contribution is 5.63. The Morgan fingerprint density at radius 3 is 2.22 bits per heavy atom. The molecule has 0 radical (unpaired) electrons. The Hall–Kier alpha value is -1.83. The van der Waals surface area contributed by atoms with Gasteiger partial charge in [-0.2, -0.15) is 0 Å². The third-order valence-electron chi connectivity index (χ3n) is 5.93. The molecular weight excluding hydrogens is 330 g/mol. The standard InChI is InChI=1S/C25H35NO/c1-3-5-6-7-20-8-10-22(11-9-20)25-17-14-23(19-26-25)21-12-15-24(16-13-21)27-18-4-2/h12-17,19-20,22H,3-11,18H2,1-2H3/t20-,22-. The molecule has 146 valence electrons. The van der Waals surface area contributed by atoms with E-state index in [0.29, 0.717) is 5.92 Å². The van der Waals surface area contributed by atoms with Crippen molar-refractivity contribution in [3.63, 3.8) is 0 Å². The molecule has 1 aromatic heterocycles. The smallest absolute Gasteiger partial charge is 0.119 e. The van der Waals surface area contributed by atoms with E-state index in [2.05, 4.69) is 50.2 Å². The zero-order valence-electron chi connectivity index (χ0n) is 17.1. The molecule has 0 N–H and O–H groups in total. The summed E-state index contributed by atoms with van der Waals surface area (Å²) in [6.45, 7) is 5.19. The molecule has 3 rings (SSSR count). The number of hydrogen-bond donors (Lipinski definition) is 0. The van der Waals surface area contributed by atoms with Crippen molar-refractivity contribution < 1.29 is 4.74 Å². The lowest BCUT2D eigenvalue weighted by atomic mass is 9.78. The summed E-state index contributed by atoms with van der Waals surface area (Å²) in [7, 11) is 0. The molecule has 0 spiro atoms. The second kappa shape index (κ2) is 10.5. The van der Waals surface area contributed by atoms with Crippen LogP contribution >= 0.6 is 0 Å². The van der Waals surface area contributed by atoms with E-state index in [1.807, 2.05) is 6.20 Å². The lowest BCUT2D eigenvalue weighted by molar-refractivity contribution is 0.300. The minimum Gasteiger partial charge on any atom is -0.494 e. The summed E-state index contributed by atoms with van der Waals surface area (Å²) in [6, 6.07) is 12.8. The van der Waals surface area contributed by atoms with Crippen LogP contribution in [-0.2, 0) is 0 Å². The van der Waals surface area contributed by atoms with E-state index in [1.54, 1.807) is 0 Å². The molecule has 1 fully saturated rings. The molecule has 0 amide bonds. The van der Waals surface area contributed by atoms with Gasteiger partial charge in [0.2, 0.25) is 0 Å². The second-order valence-corrected chi connectivity index (χ2v) is 8.06. The molecule has 1 saturated carbocycles.